The fraction of sp³-hybridized carbons (Fsp3) is 0.125. The minimum Gasteiger partial charge on any atom is -0.485 e. The highest BCUT2D eigenvalue weighted by Crippen LogP contribution is 2.31. The minimum atomic E-state index is -0.755. The summed E-state index contributed by atoms with van der Waals surface area (Å²) < 4.78 is 22.7. The predicted molar refractivity (Wildman–Crippen MR) is 121 cm³/mol. The number of para-hydroxylation sites is 2. The molecule has 1 amide bonds. The number of carbonyl (C=O) groups is 1. The van der Waals surface area contributed by atoms with Crippen LogP contribution in [0, 0.1) is 0 Å². The fourth-order valence-corrected chi connectivity index (χ4v) is 3.33. The van der Waals surface area contributed by atoms with Gasteiger partial charge in [0.15, 0.2) is 18.1 Å². The third-order valence-corrected chi connectivity index (χ3v) is 5.07. The van der Waals surface area contributed by atoms with E-state index < -0.39 is 6.10 Å². The van der Waals surface area contributed by atoms with E-state index in [9.17, 15) is 4.79 Å². The number of hydrogen-bond donors (Lipinski definition) is 1. The van der Waals surface area contributed by atoms with Gasteiger partial charge in [-0.3, -0.25) is 4.79 Å². The number of carbonyl (C=O) groups excluding carboxylic acids is 1. The van der Waals surface area contributed by atoms with Gasteiger partial charge in [0.05, 0.1) is 0 Å². The second-order valence-electron chi connectivity index (χ2n) is 7.18. The van der Waals surface area contributed by atoms with Crippen LogP contribution in [-0.2, 0) is 11.4 Å². The summed E-state index contributed by atoms with van der Waals surface area (Å²) in [5.41, 5.74) is 1.33. The van der Waals surface area contributed by atoms with Crippen LogP contribution in [0.1, 0.15) is 5.89 Å². The van der Waals surface area contributed by atoms with Crippen LogP contribution < -0.4 is 19.5 Å². The largest absolute Gasteiger partial charge is 0.485 e. The van der Waals surface area contributed by atoms with Gasteiger partial charge in [-0.2, -0.15) is 0 Å². The molecule has 0 aliphatic carbocycles. The zero-order chi connectivity index (χ0) is 22.6. The van der Waals surface area contributed by atoms with Crippen molar-refractivity contribution in [3.05, 3.63) is 83.7 Å². The van der Waals surface area contributed by atoms with Gasteiger partial charge < -0.3 is 23.9 Å². The van der Waals surface area contributed by atoms with Crippen LogP contribution in [0.2, 0.25) is 5.02 Å². The Morgan fingerprint density at radius 3 is 2.70 bits per heavy atom. The number of hydrogen-bond acceptors (Lipinski definition) is 7. The van der Waals surface area contributed by atoms with Gasteiger partial charge >= 0.3 is 0 Å². The van der Waals surface area contributed by atoms with Crippen molar-refractivity contribution in [2.75, 3.05) is 11.9 Å². The van der Waals surface area contributed by atoms with Gasteiger partial charge in [-0.05, 0) is 48.5 Å². The van der Waals surface area contributed by atoms with Gasteiger partial charge in [0.1, 0.15) is 12.4 Å². The van der Waals surface area contributed by atoms with Crippen LogP contribution in [0.25, 0.3) is 11.5 Å². The highest BCUT2D eigenvalue weighted by Gasteiger charge is 2.27. The van der Waals surface area contributed by atoms with Crippen LogP contribution in [0.15, 0.2) is 77.2 Å². The molecule has 33 heavy (non-hydrogen) atoms. The molecule has 0 spiro atoms. The molecule has 1 aliphatic heterocycles. The number of nitrogens with zero attached hydrogens (tertiary/aromatic N) is 2. The summed E-state index contributed by atoms with van der Waals surface area (Å²) in [6.07, 6.45) is -0.755. The second kappa shape index (κ2) is 9.22. The summed E-state index contributed by atoms with van der Waals surface area (Å²) in [6.45, 7) is 0.209. The Balaban J connectivity index is 1.19. The number of aromatic nitrogens is 2. The van der Waals surface area contributed by atoms with Crippen molar-refractivity contribution in [3.63, 3.8) is 0 Å². The first-order valence-corrected chi connectivity index (χ1v) is 10.5. The molecule has 1 aromatic heterocycles. The van der Waals surface area contributed by atoms with E-state index in [2.05, 4.69) is 15.5 Å². The van der Waals surface area contributed by atoms with E-state index in [1.165, 1.54) is 0 Å². The molecule has 1 atom stereocenters. The van der Waals surface area contributed by atoms with Crippen molar-refractivity contribution in [2.45, 2.75) is 12.7 Å². The predicted octanol–water partition coefficient (Wildman–Crippen LogP) is 4.75. The molecule has 1 unspecified atom stereocenters. The molecular weight excluding hydrogens is 446 g/mol. The monoisotopic (exact) mass is 463 g/mol. The molecule has 166 valence electrons. The van der Waals surface area contributed by atoms with Gasteiger partial charge in [-0.1, -0.05) is 29.8 Å². The first-order valence-electron chi connectivity index (χ1n) is 10.1. The van der Waals surface area contributed by atoms with E-state index in [1.807, 2.05) is 12.1 Å². The van der Waals surface area contributed by atoms with Gasteiger partial charge in [0, 0.05) is 22.3 Å². The van der Waals surface area contributed by atoms with Crippen molar-refractivity contribution in [2.24, 2.45) is 0 Å². The fourth-order valence-electron chi connectivity index (χ4n) is 3.20. The number of ether oxygens (including phenoxy) is 3. The topological polar surface area (TPSA) is 95.7 Å². The summed E-state index contributed by atoms with van der Waals surface area (Å²) in [4.78, 5) is 12.6. The Hall–Kier alpha value is -4.04. The van der Waals surface area contributed by atoms with Crippen LogP contribution in [-0.4, -0.2) is 28.8 Å². The summed E-state index contributed by atoms with van der Waals surface area (Å²) in [5, 5.41) is 11.5. The molecule has 0 fully saturated rings. The van der Waals surface area contributed by atoms with Crippen molar-refractivity contribution in [3.8, 4) is 28.7 Å². The molecule has 1 N–H and O–H groups in total. The molecule has 0 saturated heterocycles. The lowest BCUT2D eigenvalue weighted by Gasteiger charge is -2.25. The van der Waals surface area contributed by atoms with E-state index >= 15 is 0 Å². The maximum Gasteiger partial charge on any atom is 0.269 e. The van der Waals surface area contributed by atoms with Gasteiger partial charge in [-0.25, -0.2) is 0 Å². The quantitative estimate of drug-likeness (QED) is 0.441. The van der Waals surface area contributed by atoms with Crippen LogP contribution in [0.3, 0.4) is 0 Å². The van der Waals surface area contributed by atoms with E-state index in [0.29, 0.717) is 39.7 Å². The zero-order valence-corrected chi connectivity index (χ0v) is 18.0. The Morgan fingerprint density at radius 2 is 1.85 bits per heavy atom. The normalized spacial score (nSPS) is 14.5. The lowest BCUT2D eigenvalue weighted by molar-refractivity contribution is -0.125. The summed E-state index contributed by atoms with van der Waals surface area (Å²) in [5.74, 6) is 2.08. The summed E-state index contributed by atoms with van der Waals surface area (Å²) in [7, 11) is 0. The Bertz CT molecular complexity index is 1280. The Labute approximate surface area is 194 Å². The number of anilines is 1. The number of fused-ring (bicyclic) bond motifs is 1. The number of rotatable bonds is 6. The average Bonchev–Trinajstić information content (AvgIpc) is 3.32. The summed E-state index contributed by atoms with van der Waals surface area (Å²) in [6, 6.07) is 21.3. The van der Waals surface area contributed by atoms with E-state index in [4.69, 9.17) is 30.2 Å². The standard InChI is InChI=1S/C24H18ClN3O5/c25-16-10-8-15(9-11-16)24-28-27-22(33-24)14-30-18-5-3-4-17(12-18)26-23(29)21-13-31-19-6-1-2-7-20(19)32-21/h1-12,21H,13-14H2,(H,26,29). The third kappa shape index (κ3) is 4.91. The molecule has 1 aliphatic rings. The number of halogens is 1. The first-order chi connectivity index (χ1) is 16.1. The van der Waals surface area contributed by atoms with Crippen LogP contribution in [0.4, 0.5) is 5.69 Å². The Kier molecular flexibility index (Phi) is 5.82. The van der Waals surface area contributed by atoms with E-state index in [-0.39, 0.29) is 19.1 Å². The van der Waals surface area contributed by atoms with Crippen molar-refractivity contribution >= 4 is 23.2 Å². The molecular formula is C24H18ClN3O5. The minimum absolute atomic E-state index is 0.0777. The Morgan fingerprint density at radius 1 is 1.03 bits per heavy atom. The van der Waals surface area contributed by atoms with Crippen molar-refractivity contribution < 1.29 is 23.4 Å². The lowest BCUT2D eigenvalue weighted by atomic mass is 10.2. The zero-order valence-electron chi connectivity index (χ0n) is 17.2. The van der Waals surface area contributed by atoms with Crippen LogP contribution >= 0.6 is 11.6 Å². The smallest absolute Gasteiger partial charge is 0.269 e. The third-order valence-electron chi connectivity index (χ3n) is 4.82. The highest BCUT2D eigenvalue weighted by molar-refractivity contribution is 6.30. The lowest BCUT2D eigenvalue weighted by Crippen LogP contribution is -2.40. The number of nitrogens with one attached hydrogen (secondary N) is 1. The average molecular weight is 464 g/mol. The summed E-state index contributed by atoms with van der Waals surface area (Å²) >= 11 is 5.90. The first kappa shape index (κ1) is 20.8. The van der Waals surface area contributed by atoms with E-state index in [0.717, 1.165) is 5.56 Å². The number of amides is 1. The molecule has 5 rings (SSSR count). The maximum atomic E-state index is 12.6. The molecule has 0 saturated carbocycles. The van der Waals surface area contributed by atoms with Gasteiger partial charge in [0.2, 0.25) is 12.0 Å². The molecule has 4 aromatic rings. The number of benzene rings is 3. The SMILES string of the molecule is O=C(Nc1cccc(OCc2nnc(-c3ccc(Cl)cc3)o2)c1)C1COc2ccccc2O1. The molecule has 9 heteroatoms. The molecule has 8 nitrogen and oxygen atoms in total. The second-order valence-corrected chi connectivity index (χ2v) is 7.61. The van der Waals surface area contributed by atoms with Crippen LogP contribution in [0.5, 0.6) is 17.2 Å². The maximum absolute atomic E-state index is 12.6. The van der Waals surface area contributed by atoms with E-state index in [1.54, 1.807) is 60.7 Å². The van der Waals surface area contributed by atoms with Crippen molar-refractivity contribution in [1.29, 1.82) is 0 Å². The molecule has 0 radical (unpaired) electrons. The van der Waals surface area contributed by atoms with Crippen molar-refractivity contribution in [1.82, 2.24) is 10.2 Å². The molecule has 0 bridgehead atoms. The molecule has 3 aromatic carbocycles. The highest BCUT2D eigenvalue weighted by atomic mass is 35.5. The molecule has 2 heterocycles. The van der Waals surface area contributed by atoms with Gasteiger partial charge in [0.25, 0.3) is 11.8 Å². The van der Waals surface area contributed by atoms with Gasteiger partial charge in [-0.15, -0.1) is 10.2 Å².